The first kappa shape index (κ1) is 21.9. The van der Waals surface area contributed by atoms with Gasteiger partial charge in [-0.1, -0.05) is 12.1 Å². The van der Waals surface area contributed by atoms with Crippen LogP contribution in [0.5, 0.6) is 0 Å². The minimum absolute atomic E-state index is 0.0362. The van der Waals surface area contributed by atoms with Gasteiger partial charge in [-0.3, -0.25) is 4.90 Å². The van der Waals surface area contributed by atoms with E-state index in [1.807, 2.05) is 50.2 Å². The number of piperazine rings is 1. The summed E-state index contributed by atoms with van der Waals surface area (Å²) in [6.45, 7) is 7.74. The molecular formula is C23H32N4O3. The average Bonchev–Trinajstić information content (AvgIpc) is 2.77. The zero-order chi connectivity index (χ0) is 21.5. The Morgan fingerprint density at radius 3 is 1.87 bits per heavy atom. The van der Waals surface area contributed by atoms with Crippen LogP contribution in [0.25, 0.3) is 0 Å². The number of anilines is 3. The molecule has 7 nitrogen and oxygen atoms in total. The molecule has 1 fully saturated rings. The number of hydrogen-bond donors (Lipinski definition) is 3. The first-order valence-electron chi connectivity index (χ1n) is 10.5. The molecule has 3 N–H and O–H groups in total. The monoisotopic (exact) mass is 412 g/mol. The van der Waals surface area contributed by atoms with E-state index in [4.69, 9.17) is 0 Å². The second-order valence-electron chi connectivity index (χ2n) is 7.79. The van der Waals surface area contributed by atoms with Gasteiger partial charge in [-0.2, -0.15) is 0 Å². The number of nitrogens with one attached hydrogen (secondary N) is 1. The van der Waals surface area contributed by atoms with E-state index in [0.717, 1.165) is 43.1 Å². The normalized spacial score (nSPS) is 14.2. The van der Waals surface area contributed by atoms with E-state index in [-0.39, 0.29) is 31.8 Å². The fourth-order valence-corrected chi connectivity index (χ4v) is 3.65. The van der Waals surface area contributed by atoms with Gasteiger partial charge in [0.15, 0.2) is 0 Å². The van der Waals surface area contributed by atoms with Gasteiger partial charge in [-0.15, -0.1) is 0 Å². The lowest BCUT2D eigenvalue weighted by Gasteiger charge is -2.37. The van der Waals surface area contributed by atoms with E-state index >= 15 is 0 Å². The van der Waals surface area contributed by atoms with Crippen LogP contribution in [0.15, 0.2) is 48.5 Å². The Kier molecular flexibility index (Phi) is 7.54. The Hall–Kier alpha value is -2.77. The van der Waals surface area contributed by atoms with Gasteiger partial charge < -0.3 is 25.3 Å². The number of benzene rings is 2. The molecule has 0 aromatic heterocycles. The number of carbonyl (C=O) groups is 1. The molecule has 0 radical (unpaired) electrons. The maximum absolute atomic E-state index is 12.4. The molecule has 0 bridgehead atoms. The van der Waals surface area contributed by atoms with Crippen molar-refractivity contribution in [1.82, 2.24) is 5.32 Å². The number of carbonyl (C=O) groups excluding carboxylic acids is 1. The molecule has 2 aromatic carbocycles. The predicted molar refractivity (Wildman–Crippen MR) is 121 cm³/mol. The molecule has 1 saturated heterocycles. The van der Waals surface area contributed by atoms with E-state index in [9.17, 15) is 15.0 Å². The molecule has 30 heavy (non-hydrogen) atoms. The fourth-order valence-electron chi connectivity index (χ4n) is 3.65. The van der Waals surface area contributed by atoms with Gasteiger partial charge in [-0.25, -0.2) is 4.79 Å². The van der Waals surface area contributed by atoms with Crippen LogP contribution < -0.4 is 20.0 Å². The molecule has 1 aliphatic rings. The number of rotatable bonds is 7. The van der Waals surface area contributed by atoms with E-state index in [1.54, 1.807) is 4.90 Å². The number of aliphatic hydroxyl groups excluding tert-OH is 2. The quantitative estimate of drug-likeness (QED) is 0.651. The molecule has 0 saturated carbocycles. The summed E-state index contributed by atoms with van der Waals surface area (Å²) in [5.41, 5.74) is 4.00. The van der Waals surface area contributed by atoms with Crippen LogP contribution in [-0.2, 0) is 6.61 Å². The SMILES string of the molecule is CC(C)NC(=O)N(CCO)c1ccc(N2CCN(c3ccc(CO)cc3)CC2)cc1. The molecule has 0 aliphatic carbocycles. The minimum Gasteiger partial charge on any atom is -0.395 e. The van der Waals surface area contributed by atoms with Crippen molar-refractivity contribution in [2.24, 2.45) is 0 Å². The fraction of sp³-hybridized carbons (Fsp3) is 0.435. The van der Waals surface area contributed by atoms with Crippen molar-refractivity contribution in [1.29, 1.82) is 0 Å². The number of urea groups is 1. The van der Waals surface area contributed by atoms with Crippen molar-refractivity contribution in [3.8, 4) is 0 Å². The van der Waals surface area contributed by atoms with Crippen molar-refractivity contribution >= 4 is 23.1 Å². The van der Waals surface area contributed by atoms with Crippen LogP contribution in [0, 0.1) is 0 Å². The summed E-state index contributed by atoms with van der Waals surface area (Å²) in [4.78, 5) is 18.7. The third-order valence-corrected chi connectivity index (χ3v) is 5.27. The van der Waals surface area contributed by atoms with Gasteiger partial charge in [0.1, 0.15) is 0 Å². The van der Waals surface area contributed by atoms with Crippen LogP contribution in [0.1, 0.15) is 19.4 Å². The van der Waals surface area contributed by atoms with Crippen LogP contribution in [0.3, 0.4) is 0 Å². The highest BCUT2D eigenvalue weighted by Crippen LogP contribution is 2.24. The van der Waals surface area contributed by atoms with Crippen LogP contribution in [0.4, 0.5) is 21.9 Å². The maximum atomic E-state index is 12.4. The maximum Gasteiger partial charge on any atom is 0.322 e. The van der Waals surface area contributed by atoms with E-state index < -0.39 is 0 Å². The highest BCUT2D eigenvalue weighted by molar-refractivity contribution is 5.92. The number of hydrogen-bond acceptors (Lipinski definition) is 5. The Balaban J connectivity index is 1.61. The molecular weight excluding hydrogens is 380 g/mol. The molecule has 0 atom stereocenters. The number of nitrogens with zero attached hydrogens (tertiary/aromatic N) is 3. The number of amides is 2. The van der Waals surface area contributed by atoms with E-state index in [1.165, 1.54) is 5.69 Å². The largest absolute Gasteiger partial charge is 0.395 e. The Bertz CT molecular complexity index is 800. The topological polar surface area (TPSA) is 79.3 Å². The van der Waals surface area contributed by atoms with Crippen molar-refractivity contribution in [2.75, 3.05) is 54.0 Å². The second-order valence-corrected chi connectivity index (χ2v) is 7.79. The smallest absolute Gasteiger partial charge is 0.322 e. The molecule has 0 unspecified atom stereocenters. The third kappa shape index (κ3) is 5.43. The molecule has 162 valence electrons. The van der Waals surface area contributed by atoms with Gasteiger partial charge in [-0.05, 0) is 55.8 Å². The van der Waals surface area contributed by atoms with E-state index in [0.29, 0.717) is 0 Å². The van der Waals surface area contributed by atoms with Crippen molar-refractivity contribution in [3.05, 3.63) is 54.1 Å². The minimum atomic E-state index is -0.201. The summed E-state index contributed by atoms with van der Waals surface area (Å²) in [7, 11) is 0. The lowest BCUT2D eigenvalue weighted by Crippen LogP contribution is -2.46. The zero-order valence-electron chi connectivity index (χ0n) is 17.8. The molecule has 2 aromatic rings. The Morgan fingerprint density at radius 2 is 1.43 bits per heavy atom. The van der Waals surface area contributed by atoms with Gasteiger partial charge in [0.2, 0.25) is 0 Å². The Morgan fingerprint density at radius 1 is 0.933 bits per heavy atom. The standard InChI is InChI=1S/C23H32N4O3/c1-18(2)24-23(30)27(15-16-28)22-9-7-21(8-10-22)26-13-11-25(12-14-26)20-5-3-19(17-29)4-6-20/h3-10,18,28-29H,11-17H2,1-2H3,(H,24,30). The molecule has 1 heterocycles. The first-order chi connectivity index (χ1) is 14.5. The lowest BCUT2D eigenvalue weighted by atomic mass is 10.1. The van der Waals surface area contributed by atoms with Gasteiger partial charge in [0, 0.05) is 49.3 Å². The first-order valence-corrected chi connectivity index (χ1v) is 10.5. The average molecular weight is 413 g/mol. The van der Waals surface area contributed by atoms with Crippen molar-refractivity contribution < 1.29 is 15.0 Å². The summed E-state index contributed by atoms with van der Waals surface area (Å²) in [6, 6.07) is 15.8. The Labute approximate surface area is 178 Å². The summed E-state index contributed by atoms with van der Waals surface area (Å²) < 4.78 is 0. The van der Waals surface area contributed by atoms with Gasteiger partial charge >= 0.3 is 6.03 Å². The van der Waals surface area contributed by atoms with Crippen LogP contribution in [0.2, 0.25) is 0 Å². The van der Waals surface area contributed by atoms with Crippen molar-refractivity contribution in [3.63, 3.8) is 0 Å². The zero-order valence-corrected chi connectivity index (χ0v) is 17.8. The predicted octanol–water partition coefficient (Wildman–Crippen LogP) is 2.42. The highest BCUT2D eigenvalue weighted by atomic mass is 16.3. The molecule has 1 aliphatic heterocycles. The molecule has 3 rings (SSSR count). The van der Waals surface area contributed by atoms with Crippen molar-refractivity contribution in [2.45, 2.75) is 26.5 Å². The highest BCUT2D eigenvalue weighted by Gasteiger charge is 2.19. The lowest BCUT2D eigenvalue weighted by molar-refractivity contribution is 0.239. The van der Waals surface area contributed by atoms with Gasteiger partial charge in [0.25, 0.3) is 0 Å². The van der Waals surface area contributed by atoms with E-state index in [2.05, 4.69) is 27.2 Å². The van der Waals surface area contributed by atoms with Gasteiger partial charge in [0.05, 0.1) is 19.8 Å². The molecule has 0 spiro atoms. The third-order valence-electron chi connectivity index (χ3n) is 5.27. The molecule has 2 amide bonds. The second kappa shape index (κ2) is 10.3. The summed E-state index contributed by atoms with van der Waals surface area (Å²) in [6.07, 6.45) is 0. The number of aliphatic hydroxyl groups is 2. The summed E-state index contributed by atoms with van der Waals surface area (Å²) >= 11 is 0. The van der Waals surface area contributed by atoms with Crippen LogP contribution >= 0.6 is 0 Å². The summed E-state index contributed by atoms with van der Waals surface area (Å²) in [5.74, 6) is 0. The van der Waals surface area contributed by atoms with Crippen LogP contribution in [-0.4, -0.2) is 61.6 Å². The molecule has 7 heteroatoms. The summed E-state index contributed by atoms with van der Waals surface area (Å²) in [5, 5.41) is 21.4.